The average molecular weight is 369 g/mol. The third-order valence-corrected chi connectivity index (χ3v) is 4.36. The van der Waals surface area contributed by atoms with Crippen LogP contribution in [0, 0.1) is 12.7 Å². The number of aryl methyl sites for hydroxylation is 1. The van der Waals surface area contributed by atoms with Gasteiger partial charge in [-0.05, 0) is 24.6 Å². The number of likely N-dealkylation sites (tertiary alicyclic amines) is 1. The van der Waals surface area contributed by atoms with Gasteiger partial charge in [0.2, 0.25) is 0 Å². The maximum atomic E-state index is 13.3. The van der Waals surface area contributed by atoms with E-state index in [-0.39, 0.29) is 5.57 Å². The number of aliphatic hydroxyl groups excluding tert-OH is 1. The Balaban J connectivity index is 2.19. The van der Waals surface area contributed by atoms with Crippen molar-refractivity contribution < 1.29 is 29.0 Å². The van der Waals surface area contributed by atoms with E-state index in [0.29, 0.717) is 11.1 Å². The van der Waals surface area contributed by atoms with Crippen LogP contribution in [0.2, 0.25) is 0 Å². The van der Waals surface area contributed by atoms with Gasteiger partial charge < -0.3 is 15.1 Å². The Morgan fingerprint density at radius 1 is 1.04 bits per heavy atom. The number of aliphatic carboxylic acids is 1. The Bertz CT molecular complexity index is 947. The second kappa shape index (κ2) is 7.03. The van der Waals surface area contributed by atoms with Crippen molar-refractivity contribution in [1.82, 2.24) is 4.90 Å². The number of carboxylic acids is 1. The van der Waals surface area contributed by atoms with Crippen LogP contribution in [0.4, 0.5) is 4.39 Å². The van der Waals surface area contributed by atoms with E-state index in [4.69, 9.17) is 5.11 Å². The highest BCUT2D eigenvalue weighted by molar-refractivity contribution is 6.46. The molecule has 0 radical (unpaired) electrons. The summed E-state index contributed by atoms with van der Waals surface area (Å²) in [7, 11) is 0. The average Bonchev–Trinajstić information content (AvgIpc) is 2.87. The quantitative estimate of drug-likeness (QED) is 0.491. The summed E-state index contributed by atoms with van der Waals surface area (Å²) in [6, 6.07) is 10.5. The first-order chi connectivity index (χ1) is 12.8. The van der Waals surface area contributed by atoms with Gasteiger partial charge in [0, 0.05) is 5.56 Å². The van der Waals surface area contributed by atoms with Crippen molar-refractivity contribution in [2.75, 3.05) is 6.54 Å². The van der Waals surface area contributed by atoms with Crippen LogP contribution < -0.4 is 0 Å². The largest absolute Gasteiger partial charge is 0.507 e. The van der Waals surface area contributed by atoms with Crippen LogP contribution in [-0.2, 0) is 14.4 Å². The van der Waals surface area contributed by atoms with Gasteiger partial charge in [-0.25, -0.2) is 4.39 Å². The van der Waals surface area contributed by atoms with E-state index in [9.17, 15) is 23.9 Å². The van der Waals surface area contributed by atoms with E-state index in [1.165, 1.54) is 12.1 Å². The van der Waals surface area contributed by atoms with Crippen LogP contribution in [0.25, 0.3) is 5.76 Å². The number of halogens is 1. The molecule has 27 heavy (non-hydrogen) atoms. The summed E-state index contributed by atoms with van der Waals surface area (Å²) in [6.45, 7) is 1.13. The van der Waals surface area contributed by atoms with Gasteiger partial charge in [-0.15, -0.1) is 0 Å². The molecule has 6 nitrogen and oxygen atoms in total. The van der Waals surface area contributed by atoms with Gasteiger partial charge in [-0.3, -0.25) is 14.4 Å². The molecule has 0 aliphatic carbocycles. The predicted molar refractivity (Wildman–Crippen MR) is 94.2 cm³/mol. The first kappa shape index (κ1) is 18.3. The van der Waals surface area contributed by atoms with E-state index in [1.54, 1.807) is 24.3 Å². The lowest BCUT2D eigenvalue weighted by molar-refractivity contribution is -0.146. The van der Waals surface area contributed by atoms with Crippen molar-refractivity contribution in [3.63, 3.8) is 0 Å². The molecule has 2 aromatic rings. The maximum Gasteiger partial charge on any atom is 0.323 e. The minimum Gasteiger partial charge on any atom is -0.507 e. The summed E-state index contributed by atoms with van der Waals surface area (Å²) in [6.07, 6.45) is 0. The maximum absolute atomic E-state index is 13.3. The number of amides is 1. The number of nitrogens with zero attached hydrogens (tertiary/aromatic N) is 1. The van der Waals surface area contributed by atoms with Crippen LogP contribution >= 0.6 is 0 Å². The fourth-order valence-electron chi connectivity index (χ4n) is 3.05. The molecule has 0 spiro atoms. The Labute approximate surface area is 154 Å². The highest BCUT2D eigenvalue weighted by Crippen LogP contribution is 2.39. The number of hydrogen-bond acceptors (Lipinski definition) is 4. The Morgan fingerprint density at radius 2 is 1.63 bits per heavy atom. The van der Waals surface area contributed by atoms with Crippen molar-refractivity contribution >= 4 is 23.4 Å². The molecule has 1 aliphatic rings. The van der Waals surface area contributed by atoms with Gasteiger partial charge in [0.15, 0.2) is 0 Å². The number of rotatable bonds is 4. The number of carbonyl (C=O) groups is 3. The fraction of sp³-hybridized carbons (Fsp3) is 0.150. The third-order valence-electron chi connectivity index (χ3n) is 4.36. The monoisotopic (exact) mass is 369 g/mol. The molecule has 1 amide bonds. The molecule has 1 fully saturated rings. The van der Waals surface area contributed by atoms with Crippen LogP contribution in [-0.4, -0.2) is 39.3 Å². The minimum absolute atomic E-state index is 0.225. The summed E-state index contributed by atoms with van der Waals surface area (Å²) in [5.41, 5.74) is 1.36. The standard InChI is InChI=1S/C20H16FNO5/c1-11-2-4-13(5-3-11)18(25)16-17(12-6-8-14(21)9-7-12)22(10-15(23)24)20(27)19(16)26/h2-9,17,25H,10H2,1H3,(H,23,24)/b18-16+/t17-/m1/s1. The molecule has 7 heteroatoms. The molecule has 1 heterocycles. The van der Waals surface area contributed by atoms with Gasteiger partial charge in [0.1, 0.15) is 18.1 Å². The smallest absolute Gasteiger partial charge is 0.323 e. The first-order valence-electron chi connectivity index (χ1n) is 8.12. The summed E-state index contributed by atoms with van der Waals surface area (Å²) < 4.78 is 13.3. The van der Waals surface area contributed by atoms with Gasteiger partial charge in [0.05, 0.1) is 11.6 Å². The predicted octanol–water partition coefficient (Wildman–Crippen LogP) is 2.64. The molecule has 2 N–H and O–H groups in total. The zero-order chi connectivity index (χ0) is 19.7. The van der Waals surface area contributed by atoms with Crippen molar-refractivity contribution in [2.45, 2.75) is 13.0 Å². The number of carbonyl (C=O) groups excluding carboxylic acids is 2. The highest BCUT2D eigenvalue weighted by Gasteiger charge is 2.46. The van der Waals surface area contributed by atoms with E-state index in [1.807, 2.05) is 6.92 Å². The molecular formula is C20H16FNO5. The normalized spacial score (nSPS) is 18.7. The number of ketones is 1. The lowest BCUT2D eigenvalue weighted by atomic mass is 9.95. The van der Waals surface area contributed by atoms with Gasteiger partial charge >= 0.3 is 5.97 Å². The van der Waals surface area contributed by atoms with Gasteiger partial charge in [0.25, 0.3) is 11.7 Å². The third kappa shape index (κ3) is 3.44. The lowest BCUT2D eigenvalue weighted by Gasteiger charge is -2.23. The van der Waals surface area contributed by atoms with Crippen LogP contribution in [0.5, 0.6) is 0 Å². The van der Waals surface area contributed by atoms with E-state index in [0.717, 1.165) is 22.6 Å². The number of benzene rings is 2. The molecule has 1 atom stereocenters. The first-order valence-corrected chi connectivity index (χ1v) is 8.12. The van der Waals surface area contributed by atoms with Crippen molar-refractivity contribution in [1.29, 1.82) is 0 Å². The molecule has 138 valence electrons. The topological polar surface area (TPSA) is 94.9 Å². The van der Waals surface area contributed by atoms with Gasteiger partial charge in [-0.2, -0.15) is 0 Å². The number of Topliss-reactive ketones (excluding diaryl/α,β-unsaturated/α-hetero) is 1. The fourth-order valence-corrected chi connectivity index (χ4v) is 3.05. The summed E-state index contributed by atoms with van der Waals surface area (Å²) in [5.74, 6) is -4.24. The Hall–Kier alpha value is -3.48. The second-order valence-electron chi connectivity index (χ2n) is 6.24. The van der Waals surface area contributed by atoms with Gasteiger partial charge in [-0.1, -0.05) is 42.0 Å². The Kier molecular flexibility index (Phi) is 4.77. The van der Waals surface area contributed by atoms with Crippen LogP contribution in [0.1, 0.15) is 22.7 Å². The molecule has 0 unspecified atom stereocenters. The van der Waals surface area contributed by atoms with E-state index < -0.39 is 41.8 Å². The minimum atomic E-state index is -1.31. The molecule has 0 bridgehead atoms. The SMILES string of the molecule is Cc1ccc(/C(O)=C2\C(=O)C(=O)N(CC(=O)O)[C@@H]2c2ccc(F)cc2)cc1. The van der Waals surface area contributed by atoms with E-state index in [2.05, 4.69) is 0 Å². The number of hydrogen-bond donors (Lipinski definition) is 2. The number of aliphatic hydroxyl groups is 1. The van der Waals surface area contributed by atoms with Crippen LogP contribution in [0.3, 0.4) is 0 Å². The molecule has 0 saturated carbocycles. The zero-order valence-electron chi connectivity index (χ0n) is 14.3. The summed E-state index contributed by atoms with van der Waals surface area (Å²) in [5, 5.41) is 19.8. The molecule has 2 aromatic carbocycles. The molecule has 1 aliphatic heterocycles. The Morgan fingerprint density at radius 3 is 2.19 bits per heavy atom. The molecular weight excluding hydrogens is 353 g/mol. The van der Waals surface area contributed by atoms with Crippen molar-refractivity contribution in [2.24, 2.45) is 0 Å². The van der Waals surface area contributed by atoms with Crippen molar-refractivity contribution in [3.05, 3.63) is 76.6 Å². The van der Waals surface area contributed by atoms with Crippen molar-refractivity contribution in [3.8, 4) is 0 Å². The van der Waals surface area contributed by atoms with E-state index >= 15 is 0 Å². The molecule has 1 saturated heterocycles. The molecule has 3 rings (SSSR count). The lowest BCUT2D eigenvalue weighted by Crippen LogP contribution is -2.34. The number of carboxylic acid groups (broad SMARTS) is 1. The highest BCUT2D eigenvalue weighted by atomic mass is 19.1. The summed E-state index contributed by atoms with van der Waals surface area (Å²) in [4.78, 5) is 37.0. The second-order valence-corrected chi connectivity index (χ2v) is 6.24. The summed E-state index contributed by atoms with van der Waals surface area (Å²) >= 11 is 0. The van der Waals surface area contributed by atoms with Crippen LogP contribution in [0.15, 0.2) is 54.1 Å². The molecule has 0 aromatic heterocycles. The zero-order valence-corrected chi connectivity index (χ0v) is 14.3.